The molecule has 16 heavy (non-hydrogen) atoms. The summed E-state index contributed by atoms with van der Waals surface area (Å²) in [7, 11) is 0. The average Bonchev–Trinajstić information content (AvgIpc) is 2.75. The Morgan fingerprint density at radius 3 is 2.81 bits per heavy atom. The Kier molecular flexibility index (Phi) is 2.83. The quantitative estimate of drug-likeness (QED) is 0.790. The first-order chi connectivity index (χ1) is 7.66. The summed E-state index contributed by atoms with van der Waals surface area (Å²) in [6, 6.07) is 7.46. The van der Waals surface area contributed by atoms with E-state index in [9.17, 15) is 4.79 Å². The average molecular weight is 238 g/mol. The Morgan fingerprint density at radius 1 is 1.38 bits per heavy atom. The highest BCUT2D eigenvalue weighted by molar-refractivity contribution is 6.34. The molecule has 0 atom stereocenters. The van der Waals surface area contributed by atoms with E-state index in [4.69, 9.17) is 21.1 Å². The SMILES string of the molecule is O=C(Nc1ccc(O)cc1Cl)c1ccco1. The van der Waals surface area contributed by atoms with Gasteiger partial charge in [0.2, 0.25) is 0 Å². The molecule has 0 saturated carbocycles. The molecule has 0 radical (unpaired) electrons. The van der Waals surface area contributed by atoms with Gasteiger partial charge in [-0.25, -0.2) is 0 Å². The summed E-state index contributed by atoms with van der Waals surface area (Å²) in [6.07, 6.45) is 1.41. The van der Waals surface area contributed by atoms with Gasteiger partial charge >= 0.3 is 0 Å². The maximum absolute atomic E-state index is 11.6. The Morgan fingerprint density at radius 2 is 2.19 bits per heavy atom. The van der Waals surface area contributed by atoms with Crippen LogP contribution in [0.1, 0.15) is 10.6 Å². The molecule has 5 heteroatoms. The van der Waals surface area contributed by atoms with Crippen molar-refractivity contribution in [2.24, 2.45) is 0 Å². The number of nitrogens with one attached hydrogen (secondary N) is 1. The van der Waals surface area contributed by atoms with Crippen LogP contribution in [-0.4, -0.2) is 11.0 Å². The number of carbonyl (C=O) groups is 1. The number of rotatable bonds is 2. The highest BCUT2D eigenvalue weighted by Gasteiger charge is 2.10. The van der Waals surface area contributed by atoms with Crippen molar-refractivity contribution >= 4 is 23.2 Å². The van der Waals surface area contributed by atoms with Gasteiger partial charge in [-0.3, -0.25) is 4.79 Å². The number of benzene rings is 1. The highest BCUT2D eigenvalue weighted by atomic mass is 35.5. The van der Waals surface area contributed by atoms with Crippen LogP contribution >= 0.6 is 11.6 Å². The molecule has 0 fully saturated rings. The van der Waals surface area contributed by atoms with Gasteiger partial charge in [-0.2, -0.15) is 0 Å². The molecular weight excluding hydrogens is 230 g/mol. The number of hydrogen-bond acceptors (Lipinski definition) is 3. The van der Waals surface area contributed by atoms with E-state index in [1.807, 2.05) is 0 Å². The van der Waals surface area contributed by atoms with Crippen LogP contribution < -0.4 is 5.32 Å². The molecule has 0 aliphatic carbocycles. The summed E-state index contributed by atoms with van der Waals surface area (Å²) < 4.78 is 4.93. The van der Waals surface area contributed by atoms with Gasteiger partial charge in [0.25, 0.3) is 5.91 Å². The molecule has 0 saturated heterocycles. The van der Waals surface area contributed by atoms with Crippen molar-refractivity contribution in [2.45, 2.75) is 0 Å². The predicted molar refractivity (Wildman–Crippen MR) is 59.8 cm³/mol. The van der Waals surface area contributed by atoms with E-state index in [0.29, 0.717) is 5.69 Å². The Labute approximate surface area is 96.5 Å². The number of halogens is 1. The topological polar surface area (TPSA) is 62.5 Å². The van der Waals surface area contributed by atoms with Crippen LogP contribution in [0.25, 0.3) is 0 Å². The van der Waals surface area contributed by atoms with Crippen LogP contribution in [0.5, 0.6) is 5.75 Å². The lowest BCUT2D eigenvalue weighted by Gasteiger charge is -2.05. The van der Waals surface area contributed by atoms with Crippen LogP contribution in [0.2, 0.25) is 5.02 Å². The van der Waals surface area contributed by atoms with Crippen LogP contribution in [-0.2, 0) is 0 Å². The summed E-state index contributed by atoms with van der Waals surface area (Å²) >= 11 is 5.83. The number of phenolic OH excluding ortho intramolecular Hbond substituents is 1. The van der Waals surface area contributed by atoms with Crippen molar-refractivity contribution in [3.05, 3.63) is 47.4 Å². The fourth-order valence-electron chi connectivity index (χ4n) is 1.20. The summed E-state index contributed by atoms with van der Waals surface area (Å²) in [5, 5.41) is 12.0. The first-order valence-electron chi connectivity index (χ1n) is 4.50. The van der Waals surface area contributed by atoms with Crippen LogP contribution in [0.3, 0.4) is 0 Å². The van der Waals surface area contributed by atoms with E-state index in [-0.39, 0.29) is 16.5 Å². The Bertz CT molecular complexity index is 508. The zero-order valence-electron chi connectivity index (χ0n) is 8.11. The monoisotopic (exact) mass is 237 g/mol. The fraction of sp³-hybridized carbons (Fsp3) is 0. The molecule has 82 valence electrons. The van der Waals surface area contributed by atoms with E-state index >= 15 is 0 Å². The van der Waals surface area contributed by atoms with Gasteiger partial charge in [0.1, 0.15) is 5.75 Å². The van der Waals surface area contributed by atoms with E-state index in [2.05, 4.69) is 5.32 Å². The molecule has 0 aliphatic heterocycles. The van der Waals surface area contributed by atoms with Crippen LogP contribution in [0.15, 0.2) is 41.0 Å². The number of hydrogen-bond donors (Lipinski definition) is 2. The van der Waals surface area contributed by atoms with E-state index in [1.165, 1.54) is 24.5 Å². The first-order valence-corrected chi connectivity index (χ1v) is 4.88. The Hall–Kier alpha value is -1.94. The number of aromatic hydroxyl groups is 1. The standard InChI is InChI=1S/C11H8ClNO3/c12-8-6-7(14)3-4-9(8)13-11(15)10-2-1-5-16-10/h1-6,14H,(H,13,15). The van der Waals surface area contributed by atoms with Gasteiger partial charge in [0.15, 0.2) is 5.76 Å². The van der Waals surface area contributed by atoms with E-state index < -0.39 is 5.91 Å². The van der Waals surface area contributed by atoms with Crippen molar-refractivity contribution in [1.29, 1.82) is 0 Å². The second-order valence-electron chi connectivity index (χ2n) is 3.10. The number of anilines is 1. The first kappa shape index (κ1) is 10.6. The number of phenols is 1. The van der Waals surface area contributed by atoms with Crippen LogP contribution in [0, 0.1) is 0 Å². The molecule has 1 aromatic carbocycles. The zero-order valence-corrected chi connectivity index (χ0v) is 8.86. The lowest BCUT2D eigenvalue weighted by atomic mass is 10.3. The van der Waals surface area contributed by atoms with Crippen molar-refractivity contribution in [2.75, 3.05) is 5.32 Å². The molecule has 1 aromatic heterocycles. The number of furan rings is 1. The maximum atomic E-state index is 11.6. The second kappa shape index (κ2) is 4.28. The molecule has 0 unspecified atom stereocenters. The maximum Gasteiger partial charge on any atom is 0.291 e. The summed E-state index contributed by atoms with van der Waals surface area (Å²) in [4.78, 5) is 11.6. The van der Waals surface area contributed by atoms with Crippen LogP contribution in [0.4, 0.5) is 5.69 Å². The van der Waals surface area contributed by atoms with E-state index in [0.717, 1.165) is 0 Å². The largest absolute Gasteiger partial charge is 0.508 e. The van der Waals surface area contributed by atoms with Crippen molar-refractivity contribution in [1.82, 2.24) is 0 Å². The van der Waals surface area contributed by atoms with Crippen molar-refractivity contribution in [3.63, 3.8) is 0 Å². The van der Waals surface area contributed by atoms with Crippen molar-refractivity contribution in [3.8, 4) is 5.75 Å². The minimum absolute atomic E-state index is 0.0426. The van der Waals surface area contributed by atoms with Gasteiger partial charge in [0, 0.05) is 6.07 Å². The van der Waals surface area contributed by atoms with Gasteiger partial charge in [-0.1, -0.05) is 11.6 Å². The molecule has 0 spiro atoms. The third-order valence-corrected chi connectivity index (χ3v) is 2.26. The summed E-state index contributed by atoms with van der Waals surface area (Å²) in [5.74, 6) is -0.150. The van der Waals surface area contributed by atoms with Gasteiger partial charge in [0.05, 0.1) is 17.0 Å². The van der Waals surface area contributed by atoms with Gasteiger partial charge in [-0.15, -0.1) is 0 Å². The second-order valence-corrected chi connectivity index (χ2v) is 3.50. The fourth-order valence-corrected chi connectivity index (χ4v) is 1.42. The molecule has 1 amide bonds. The van der Waals surface area contributed by atoms with E-state index in [1.54, 1.807) is 12.1 Å². The molecule has 0 bridgehead atoms. The summed E-state index contributed by atoms with van der Waals surface area (Å²) in [6.45, 7) is 0. The van der Waals surface area contributed by atoms with Crippen molar-refractivity contribution < 1.29 is 14.3 Å². The molecule has 0 aliphatic rings. The summed E-state index contributed by atoms with van der Waals surface area (Å²) in [5.41, 5.74) is 0.417. The lowest BCUT2D eigenvalue weighted by molar-refractivity contribution is 0.0996. The van der Waals surface area contributed by atoms with Gasteiger partial charge < -0.3 is 14.8 Å². The molecule has 2 rings (SSSR count). The molecule has 4 nitrogen and oxygen atoms in total. The molecule has 1 heterocycles. The zero-order chi connectivity index (χ0) is 11.5. The third-order valence-electron chi connectivity index (χ3n) is 1.95. The highest BCUT2D eigenvalue weighted by Crippen LogP contribution is 2.26. The normalized spacial score (nSPS) is 10.1. The number of amides is 1. The number of carbonyl (C=O) groups excluding carboxylic acids is 1. The minimum atomic E-state index is -0.391. The molecule has 2 N–H and O–H groups in total. The lowest BCUT2D eigenvalue weighted by Crippen LogP contribution is -2.10. The molecule has 2 aromatic rings. The Balaban J connectivity index is 2.18. The minimum Gasteiger partial charge on any atom is -0.508 e. The molecular formula is C11H8ClNO3. The third kappa shape index (κ3) is 2.17. The van der Waals surface area contributed by atoms with Gasteiger partial charge in [-0.05, 0) is 24.3 Å². The predicted octanol–water partition coefficient (Wildman–Crippen LogP) is 2.89. The smallest absolute Gasteiger partial charge is 0.291 e.